The molecule has 1 heterocycles. The molecule has 0 aliphatic carbocycles. The quantitative estimate of drug-likeness (QED) is 0.220. The lowest BCUT2D eigenvalue weighted by Gasteiger charge is -2.19. The van der Waals surface area contributed by atoms with Gasteiger partial charge in [0.1, 0.15) is 12.6 Å². The molecule has 1 atom stereocenters. The van der Waals surface area contributed by atoms with Crippen LogP contribution in [0.4, 0.5) is 4.79 Å². The van der Waals surface area contributed by atoms with Gasteiger partial charge in [0.05, 0.1) is 21.7 Å². The van der Waals surface area contributed by atoms with E-state index in [2.05, 4.69) is 28.5 Å². The summed E-state index contributed by atoms with van der Waals surface area (Å²) in [5, 5.41) is -0.518. The maximum absolute atomic E-state index is 12.7. The first-order valence-corrected chi connectivity index (χ1v) is 10.7. The molecule has 1 fully saturated rings. The molecule has 0 saturated carbocycles. The Morgan fingerprint density at radius 3 is 2.66 bits per heavy atom. The molecule has 0 spiro atoms. The Morgan fingerprint density at radius 1 is 1.31 bits per heavy atom. The summed E-state index contributed by atoms with van der Waals surface area (Å²) in [6, 6.07) is 2.50. The minimum absolute atomic E-state index is 0.0973. The molecule has 9 heteroatoms. The first-order valence-electron chi connectivity index (χ1n) is 8.80. The van der Waals surface area contributed by atoms with Crippen molar-refractivity contribution in [2.24, 2.45) is 0 Å². The highest BCUT2D eigenvalue weighted by Crippen LogP contribution is 2.38. The van der Waals surface area contributed by atoms with E-state index in [-0.39, 0.29) is 18.1 Å². The summed E-state index contributed by atoms with van der Waals surface area (Å²) in [5.74, 6) is 2.25. The van der Waals surface area contributed by atoms with Gasteiger partial charge in [0.2, 0.25) is 0 Å². The third-order valence-corrected chi connectivity index (χ3v) is 5.45. The van der Waals surface area contributed by atoms with Gasteiger partial charge in [-0.2, -0.15) is 0 Å². The number of ether oxygens (including phenoxy) is 3. The number of hydrogen-bond acceptors (Lipinski definition) is 7. The van der Waals surface area contributed by atoms with Crippen molar-refractivity contribution in [3.8, 4) is 23.8 Å². The van der Waals surface area contributed by atoms with Crippen LogP contribution in [0.2, 0.25) is 0 Å². The van der Waals surface area contributed by atoms with Crippen molar-refractivity contribution in [1.29, 1.82) is 0 Å². The number of hydrogen-bond donors (Lipinski definition) is 0. The van der Waals surface area contributed by atoms with E-state index in [1.807, 2.05) is 6.92 Å². The molecule has 1 aromatic carbocycles. The molecular weight excluding hydrogens is 509 g/mol. The summed E-state index contributed by atoms with van der Waals surface area (Å²) >= 11 is 2.86. The summed E-state index contributed by atoms with van der Waals surface area (Å²) in [5.41, 5.74) is 0.653. The number of carbonyl (C=O) groups excluding carboxylic acids is 3. The average Bonchev–Trinajstić information content (AvgIpc) is 2.94. The van der Waals surface area contributed by atoms with E-state index in [1.165, 1.54) is 6.92 Å². The smallest absolute Gasteiger partial charge is 0.329 e. The van der Waals surface area contributed by atoms with Crippen molar-refractivity contribution in [2.45, 2.75) is 26.8 Å². The minimum Gasteiger partial charge on any atom is -0.490 e. The Labute approximate surface area is 187 Å². The van der Waals surface area contributed by atoms with Crippen molar-refractivity contribution >= 4 is 57.5 Å². The fraction of sp³-hybridized carbons (Fsp3) is 0.350. The number of amides is 2. The minimum atomic E-state index is -0.994. The molecule has 0 radical (unpaired) electrons. The van der Waals surface area contributed by atoms with Gasteiger partial charge in [0, 0.05) is 0 Å². The van der Waals surface area contributed by atoms with Crippen molar-refractivity contribution in [2.75, 3.05) is 19.8 Å². The molecule has 1 aliphatic heterocycles. The molecule has 1 aliphatic rings. The van der Waals surface area contributed by atoms with Gasteiger partial charge in [0.15, 0.2) is 11.5 Å². The molecule has 7 nitrogen and oxygen atoms in total. The second-order valence-corrected chi connectivity index (χ2v) is 7.89. The van der Waals surface area contributed by atoms with Gasteiger partial charge < -0.3 is 14.2 Å². The van der Waals surface area contributed by atoms with Crippen LogP contribution in [0.15, 0.2) is 17.0 Å². The maximum atomic E-state index is 12.7. The van der Waals surface area contributed by atoms with Crippen LogP contribution in [0.1, 0.15) is 26.3 Å². The first-order chi connectivity index (χ1) is 13.8. The molecule has 2 rings (SSSR count). The molecule has 0 bridgehead atoms. The van der Waals surface area contributed by atoms with E-state index in [0.29, 0.717) is 23.7 Å². The zero-order chi connectivity index (χ0) is 21.6. The predicted molar refractivity (Wildman–Crippen MR) is 119 cm³/mol. The lowest BCUT2D eigenvalue weighted by atomic mass is 10.1. The summed E-state index contributed by atoms with van der Waals surface area (Å²) in [7, 11) is 0. The molecule has 29 heavy (non-hydrogen) atoms. The van der Waals surface area contributed by atoms with Gasteiger partial charge in [-0.3, -0.25) is 14.5 Å². The zero-order valence-corrected chi connectivity index (χ0v) is 19.2. The Morgan fingerprint density at radius 2 is 2.03 bits per heavy atom. The third kappa shape index (κ3) is 5.45. The largest absolute Gasteiger partial charge is 0.490 e. The lowest BCUT2D eigenvalue weighted by molar-refractivity contribution is -0.150. The van der Waals surface area contributed by atoms with Crippen LogP contribution in [-0.2, 0) is 14.3 Å². The van der Waals surface area contributed by atoms with Gasteiger partial charge in [0.25, 0.3) is 11.1 Å². The Kier molecular flexibility index (Phi) is 8.40. The predicted octanol–water partition coefficient (Wildman–Crippen LogP) is 3.69. The van der Waals surface area contributed by atoms with E-state index >= 15 is 0 Å². The molecule has 0 aromatic heterocycles. The number of halogens is 1. The maximum Gasteiger partial charge on any atom is 0.329 e. The van der Waals surface area contributed by atoms with Crippen LogP contribution in [0, 0.1) is 15.9 Å². The van der Waals surface area contributed by atoms with Crippen LogP contribution in [0.25, 0.3) is 6.08 Å². The van der Waals surface area contributed by atoms with Crippen LogP contribution < -0.4 is 9.47 Å². The molecular formula is C20H20INO6S. The van der Waals surface area contributed by atoms with E-state index in [4.69, 9.17) is 20.6 Å². The van der Waals surface area contributed by atoms with Crippen molar-refractivity contribution in [3.05, 3.63) is 26.2 Å². The van der Waals surface area contributed by atoms with E-state index in [9.17, 15) is 14.4 Å². The number of rotatable bonds is 8. The van der Waals surface area contributed by atoms with Gasteiger partial charge in [-0.05, 0) is 78.9 Å². The number of carbonyl (C=O) groups is 3. The second kappa shape index (κ2) is 10.5. The summed E-state index contributed by atoms with van der Waals surface area (Å²) < 4.78 is 16.8. The number of thioether (sulfide) groups is 1. The van der Waals surface area contributed by atoms with Crippen LogP contribution in [0.3, 0.4) is 0 Å². The molecule has 154 valence electrons. The molecule has 0 unspecified atom stereocenters. The summed E-state index contributed by atoms with van der Waals surface area (Å²) in [6.45, 7) is 5.64. The number of imide groups is 1. The fourth-order valence-corrected chi connectivity index (χ4v) is 4.21. The number of terminal acetylenes is 1. The van der Waals surface area contributed by atoms with Crippen molar-refractivity contribution in [1.82, 2.24) is 4.90 Å². The SMILES string of the molecule is C#CCOc1c(I)cc(/C=C2/SC(=O)N([C@H](C)C(=O)OCC)C2=O)cc1OCC. The normalized spacial score (nSPS) is 16.0. The zero-order valence-electron chi connectivity index (χ0n) is 16.2. The Balaban J connectivity index is 2.34. The van der Waals surface area contributed by atoms with E-state index < -0.39 is 23.2 Å². The highest BCUT2D eigenvalue weighted by Gasteiger charge is 2.41. The number of esters is 1. The fourth-order valence-electron chi connectivity index (χ4n) is 2.52. The molecule has 1 aromatic rings. The van der Waals surface area contributed by atoms with Crippen LogP contribution in [-0.4, -0.2) is 47.9 Å². The van der Waals surface area contributed by atoms with Gasteiger partial charge in [-0.25, -0.2) is 4.79 Å². The van der Waals surface area contributed by atoms with Gasteiger partial charge >= 0.3 is 5.97 Å². The van der Waals surface area contributed by atoms with Crippen LogP contribution in [0.5, 0.6) is 11.5 Å². The number of nitrogens with zero attached hydrogens (tertiary/aromatic N) is 1. The highest BCUT2D eigenvalue weighted by molar-refractivity contribution is 14.1. The standard InChI is InChI=1S/C20H20INO6S/c1-5-8-28-17-14(21)9-13(10-15(17)26-6-2)11-16-18(23)22(20(25)29-16)12(4)19(24)27-7-3/h1,9-12H,6-8H2,2-4H3/b16-11+/t12-/m1/s1. The van der Waals surface area contributed by atoms with E-state index in [0.717, 1.165) is 20.2 Å². The average molecular weight is 529 g/mol. The number of benzene rings is 1. The second-order valence-electron chi connectivity index (χ2n) is 5.74. The summed E-state index contributed by atoms with van der Waals surface area (Å²) in [6.07, 6.45) is 6.84. The molecule has 1 saturated heterocycles. The third-order valence-electron chi connectivity index (χ3n) is 3.77. The topological polar surface area (TPSA) is 82.1 Å². The highest BCUT2D eigenvalue weighted by atomic mass is 127. The Bertz CT molecular complexity index is 892. The monoisotopic (exact) mass is 529 g/mol. The van der Waals surface area contributed by atoms with Gasteiger partial charge in [-0.15, -0.1) is 6.42 Å². The van der Waals surface area contributed by atoms with E-state index in [1.54, 1.807) is 25.1 Å². The van der Waals surface area contributed by atoms with Crippen molar-refractivity contribution < 1.29 is 28.6 Å². The Hall–Kier alpha value is -2.19. The first kappa shape index (κ1) is 23.1. The van der Waals surface area contributed by atoms with Gasteiger partial charge in [-0.1, -0.05) is 5.92 Å². The summed E-state index contributed by atoms with van der Waals surface area (Å²) in [4.78, 5) is 38.0. The lowest BCUT2D eigenvalue weighted by Crippen LogP contribution is -2.42. The van der Waals surface area contributed by atoms with Crippen LogP contribution >= 0.6 is 34.4 Å². The molecule has 2 amide bonds. The van der Waals surface area contributed by atoms with Crippen molar-refractivity contribution in [3.63, 3.8) is 0 Å². The molecule has 0 N–H and O–H groups in total.